The number of carbonyl (C=O) groups is 4. The highest BCUT2D eigenvalue weighted by atomic mass is 16.5. The highest BCUT2D eigenvalue weighted by molar-refractivity contribution is 6.00. The van der Waals surface area contributed by atoms with E-state index in [-0.39, 0.29) is 0 Å². The number of hydrogen-bond acceptors (Lipinski definition) is 8. The van der Waals surface area contributed by atoms with Gasteiger partial charge in [0.25, 0.3) is 0 Å². The molecule has 10 nitrogen and oxygen atoms in total. The number of amides is 2. The number of nitrogens with one attached hydrogen (secondary N) is 4. The number of piperidine rings is 2. The SMILES string of the molecule is COC(=O)C1(NC(=O)/C=C/C(=O)NC2(C(=O)OC)CC(C)(C)NC(C)(C)C2)CC(C)(C)NC(C)(C)C1. The van der Waals surface area contributed by atoms with E-state index >= 15 is 0 Å². The molecule has 4 N–H and O–H groups in total. The fourth-order valence-corrected chi connectivity index (χ4v) is 6.82. The summed E-state index contributed by atoms with van der Waals surface area (Å²) < 4.78 is 10.1. The molecule has 0 unspecified atom stereocenters. The summed E-state index contributed by atoms with van der Waals surface area (Å²) in [6.45, 7) is 15.6. The van der Waals surface area contributed by atoms with Crippen molar-refractivity contribution in [3.8, 4) is 0 Å². The second kappa shape index (κ2) is 9.78. The van der Waals surface area contributed by atoms with Crippen LogP contribution in [0.4, 0.5) is 0 Å². The minimum Gasteiger partial charge on any atom is -0.467 e. The Morgan fingerprint density at radius 2 is 0.833 bits per heavy atom. The van der Waals surface area contributed by atoms with E-state index in [1.165, 1.54) is 14.2 Å². The van der Waals surface area contributed by atoms with Gasteiger partial charge in [-0.05, 0) is 81.1 Å². The molecule has 0 aromatic heterocycles. The summed E-state index contributed by atoms with van der Waals surface area (Å²) in [5, 5.41) is 12.6. The summed E-state index contributed by atoms with van der Waals surface area (Å²) in [6.07, 6.45) is 3.39. The zero-order valence-electron chi connectivity index (χ0n) is 23.4. The molecule has 2 aliphatic heterocycles. The van der Waals surface area contributed by atoms with E-state index in [0.29, 0.717) is 25.7 Å². The first-order valence-corrected chi connectivity index (χ1v) is 12.3. The van der Waals surface area contributed by atoms with Crippen LogP contribution in [0, 0.1) is 0 Å². The molecule has 0 aromatic rings. The van der Waals surface area contributed by atoms with Gasteiger partial charge < -0.3 is 30.7 Å². The van der Waals surface area contributed by atoms with Crippen LogP contribution in [0.5, 0.6) is 0 Å². The summed E-state index contributed by atoms with van der Waals surface area (Å²) in [5.41, 5.74) is -4.34. The molecular weight excluding hydrogens is 464 g/mol. The lowest BCUT2D eigenvalue weighted by molar-refractivity contribution is -0.155. The molecule has 0 radical (unpaired) electrons. The molecule has 2 aliphatic rings. The number of methoxy groups -OCH3 is 2. The molecule has 0 saturated carbocycles. The Morgan fingerprint density at radius 3 is 1.06 bits per heavy atom. The minimum atomic E-state index is -1.26. The normalized spacial score (nSPS) is 24.8. The van der Waals surface area contributed by atoms with Crippen LogP contribution in [0.15, 0.2) is 12.2 Å². The van der Waals surface area contributed by atoms with Crippen LogP contribution in [0.2, 0.25) is 0 Å². The monoisotopic (exact) mass is 508 g/mol. The quantitative estimate of drug-likeness (QED) is 0.313. The van der Waals surface area contributed by atoms with Crippen molar-refractivity contribution in [2.75, 3.05) is 14.2 Å². The van der Waals surface area contributed by atoms with Gasteiger partial charge in [-0.25, -0.2) is 9.59 Å². The van der Waals surface area contributed by atoms with Gasteiger partial charge in [0, 0.05) is 34.3 Å². The molecule has 0 aliphatic carbocycles. The summed E-state index contributed by atoms with van der Waals surface area (Å²) in [6, 6.07) is 0. The van der Waals surface area contributed by atoms with E-state index in [4.69, 9.17) is 9.47 Å². The van der Waals surface area contributed by atoms with Crippen LogP contribution < -0.4 is 21.3 Å². The van der Waals surface area contributed by atoms with Gasteiger partial charge in [-0.15, -0.1) is 0 Å². The molecule has 2 amide bonds. The summed E-state index contributed by atoms with van der Waals surface area (Å²) in [4.78, 5) is 51.5. The first-order valence-electron chi connectivity index (χ1n) is 12.3. The Hall–Kier alpha value is -2.46. The summed E-state index contributed by atoms with van der Waals surface area (Å²) >= 11 is 0. The van der Waals surface area contributed by atoms with Gasteiger partial charge in [-0.2, -0.15) is 0 Å². The van der Waals surface area contributed by atoms with Crippen LogP contribution in [-0.2, 0) is 28.7 Å². The van der Waals surface area contributed by atoms with Gasteiger partial charge in [0.2, 0.25) is 11.8 Å². The predicted molar refractivity (Wildman–Crippen MR) is 136 cm³/mol. The summed E-state index contributed by atoms with van der Waals surface area (Å²) in [7, 11) is 2.58. The largest absolute Gasteiger partial charge is 0.467 e. The lowest BCUT2D eigenvalue weighted by Gasteiger charge is -2.51. The molecule has 0 aromatic carbocycles. The van der Waals surface area contributed by atoms with Crippen molar-refractivity contribution < 1.29 is 28.7 Å². The number of rotatable bonds is 6. The average molecular weight is 509 g/mol. The fourth-order valence-electron chi connectivity index (χ4n) is 6.82. The lowest BCUT2D eigenvalue weighted by atomic mass is 9.70. The zero-order valence-corrected chi connectivity index (χ0v) is 23.4. The Kier molecular flexibility index (Phi) is 8.08. The maximum atomic E-state index is 12.9. The third kappa shape index (κ3) is 7.06. The molecule has 2 heterocycles. The Morgan fingerprint density at radius 1 is 0.583 bits per heavy atom. The predicted octanol–water partition coefficient (Wildman–Crippen LogP) is 1.48. The van der Waals surface area contributed by atoms with Crippen LogP contribution in [0.25, 0.3) is 0 Å². The molecular formula is C26H44N4O6. The molecule has 0 atom stereocenters. The van der Waals surface area contributed by atoms with Crippen LogP contribution in [0.3, 0.4) is 0 Å². The van der Waals surface area contributed by atoms with Gasteiger partial charge in [0.1, 0.15) is 11.1 Å². The maximum Gasteiger partial charge on any atom is 0.331 e. The van der Waals surface area contributed by atoms with Crippen LogP contribution >= 0.6 is 0 Å². The maximum absolute atomic E-state index is 12.9. The number of hydrogen-bond donors (Lipinski definition) is 4. The third-order valence-corrected chi connectivity index (χ3v) is 6.59. The van der Waals surface area contributed by atoms with Gasteiger partial charge in [0.15, 0.2) is 0 Å². The van der Waals surface area contributed by atoms with Gasteiger partial charge in [-0.1, -0.05) is 0 Å². The van der Waals surface area contributed by atoms with Crippen molar-refractivity contribution in [1.82, 2.24) is 21.3 Å². The van der Waals surface area contributed by atoms with Crippen molar-refractivity contribution in [2.45, 2.75) is 114 Å². The molecule has 2 rings (SSSR count). The molecule has 204 valence electrons. The number of carbonyl (C=O) groups excluding carboxylic acids is 4. The van der Waals surface area contributed by atoms with Crippen molar-refractivity contribution in [3.05, 3.63) is 12.2 Å². The molecule has 36 heavy (non-hydrogen) atoms. The Balaban J connectivity index is 2.25. The number of ether oxygens (including phenoxy) is 2. The van der Waals surface area contributed by atoms with Crippen LogP contribution in [0.1, 0.15) is 81.1 Å². The van der Waals surface area contributed by atoms with Gasteiger partial charge in [0.05, 0.1) is 14.2 Å². The van der Waals surface area contributed by atoms with E-state index in [9.17, 15) is 19.2 Å². The summed E-state index contributed by atoms with van der Waals surface area (Å²) in [5.74, 6) is -2.30. The first kappa shape index (κ1) is 29.8. The average Bonchev–Trinajstić information content (AvgIpc) is 2.65. The molecule has 2 saturated heterocycles. The second-order valence-electron chi connectivity index (χ2n) is 13.0. The third-order valence-electron chi connectivity index (χ3n) is 6.59. The highest BCUT2D eigenvalue weighted by Crippen LogP contribution is 2.38. The van der Waals surface area contributed by atoms with Gasteiger partial charge >= 0.3 is 11.9 Å². The van der Waals surface area contributed by atoms with Crippen LogP contribution in [-0.4, -0.2) is 71.2 Å². The minimum absolute atomic E-state index is 0.310. The Bertz CT molecular complexity index is 829. The second-order valence-corrected chi connectivity index (χ2v) is 13.0. The topological polar surface area (TPSA) is 135 Å². The number of esters is 2. The van der Waals surface area contributed by atoms with E-state index in [0.717, 1.165) is 12.2 Å². The molecule has 2 fully saturated rings. The highest BCUT2D eigenvalue weighted by Gasteiger charge is 2.54. The standard InChI is InChI=1S/C26H44N4O6/c1-21(2)13-25(19(33)35-9,14-22(3,4)29-21)27-17(31)11-12-18(32)28-26(20(34)36-10)15-23(5,6)30-24(7,8)16-26/h11-12,29-30H,13-16H2,1-10H3,(H,27,31)(H,28,32)/b12-11+. The smallest absolute Gasteiger partial charge is 0.331 e. The van der Waals surface area contributed by atoms with E-state index in [1.807, 2.05) is 55.4 Å². The van der Waals surface area contributed by atoms with Gasteiger partial charge in [-0.3, -0.25) is 9.59 Å². The molecule has 10 heteroatoms. The van der Waals surface area contributed by atoms with Crippen molar-refractivity contribution in [3.63, 3.8) is 0 Å². The van der Waals surface area contributed by atoms with Crippen molar-refractivity contribution in [1.29, 1.82) is 0 Å². The van der Waals surface area contributed by atoms with Crippen molar-refractivity contribution in [2.24, 2.45) is 0 Å². The first-order chi connectivity index (χ1) is 16.2. The van der Waals surface area contributed by atoms with E-state index in [2.05, 4.69) is 21.3 Å². The molecule has 0 spiro atoms. The molecule has 0 bridgehead atoms. The van der Waals surface area contributed by atoms with E-state index < -0.39 is 57.0 Å². The fraction of sp³-hybridized carbons (Fsp3) is 0.769. The van der Waals surface area contributed by atoms with Crippen molar-refractivity contribution >= 4 is 23.8 Å². The zero-order chi connectivity index (χ0) is 27.8. The Labute approximate surface area is 214 Å². The van der Waals surface area contributed by atoms with E-state index in [1.54, 1.807) is 0 Å². The lowest BCUT2D eigenvalue weighted by Crippen LogP contribution is -2.71.